The molecule has 2 nitrogen and oxygen atoms in total. The summed E-state index contributed by atoms with van der Waals surface area (Å²) in [6.07, 6.45) is 12.9. The van der Waals surface area contributed by atoms with Gasteiger partial charge in [0.2, 0.25) is 0 Å². The standard InChI is InChI=1S/C13H20NO/c1-15-13-7-9-14(10-8-13)11-12-5-3-2-4-6-12/h2-3,5-6,13H,4,7-11H2,1H3. The predicted molar refractivity (Wildman–Crippen MR) is 62.6 cm³/mol. The molecule has 1 heterocycles. The summed E-state index contributed by atoms with van der Waals surface area (Å²) in [7, 11) is 1.82. The topological polar surface area (TPSA) is 12.5 Å². The van der Waals surface area contributed by atoms with Crippen LogP contribution in [0, 0.1) is 6.42 Å². The van der Waals surface area contributed by atoms with Crippen molar-refractivity contribution in [3.8, 4) is 0 Å². The van der Waals surface area contributed by atoms with Crippen LogP contribution in [0.1, 0.15) is 19.3 Å². The zero-order valence-electron chi connectivity index (χ0n) is 9.48. The number of nitrogens with zero attached hydrogens (tertiary/aromatic N) is 1. The van der Waals surface area contributed by atoms with Crippen molar-refractivity contribution in [2.24, 2.45) is 0 Å². The van der Waals surface area contributed by atoms with Crippen LogP contribution in [-0.2, 0) is 4.74 Å². The molecule has 0 unspecified atom stereocenters. The number of hydrogen-bond acceptors (Lipinski definition) is 2. The van der Waals surface area contributed by atoms with Gasteiger partial charge < -0.3 is 4.74 Å². The van der Waals surface area contributed by atoms with Gasteiger partial charge in [-0.2, -0.15) is 0 Å². The first kappa shape index (κ1) is 10.9. The van der Waals surface area contributed by atoms with E-state index in [1.54, 1.807) is 0 Å². The van der Waals surface area contributed by atoms with E-state index in [0.29, 0.717) is 6.10 Å². The molecule has 0 spiro atoms. The van der Waals surface area contributed by atoms with Gasteiger partial charge in [0.1, 0.15) is 0 Å². The molecule has 1 aliphatic heterocycles. The molecular formula is C13H20NO. The highest BCUT2D eigenvalue weighted by molar-refractivity contribution is 5.27. The number of methoxy groups -OCH3 is 1. The minimum absolute atomic E-state index is 0.491. The second-order valence-electron chi connectivity index (χ2n) is 4.32. The highest BCUT2D eigenvalue weighted by Crippen LogP contribution is 2.16. The van der Waals surface area contributed by atoms with Gasteiger partial charge in [-0.3, -0.25) is 4.90 Å². The van der Waals surface area contributed by atoms with E-state index in [2.05, 4.69) is 29.5 Å². The monoisotopic (exact) mass is 206 g/mol. The van der Waals surface area contributed by atoms with Gasteiger partial charge in [-0.05, 0) is 31.3 Å². The molecule has 0 atom stereocenters. The van der Waals surface area contributed by atoms with Crippen molar-refractivity contribution in [3.63, 3.8) is 0 Å². The lowest BCUT2D eigenvalue weighted by Gasteiger charge is -2.31. The third kappa shape index (κ3) is 3.18. The molecule has 1 radical (unpaired) electrons. The molecule has 1 saturated heterocycles. The van der Waals surface area contributed by atoms with Crippen molar-refractivity contribution in [2.45, 2.75) is 25.4 Å². The summed E-state index contributed by atoms with van der Waals surface area (Å²) in [5.41, 5.74) is 1.47. The Balaban J connectivity index is 1.76. The largest absolute Gasteiger partial charge is 0.381 e. The Morgan fingerprint density at radius 1 is 1.40 bits per heavy atom. The van der Waals surface area contributed by atoms with Crippen LogP contribution in [-0.4, -0.2) is 37.7 Å². The smallest absolute Gasteiger partial charge is 0.0595 e. The van der Waals surface area contributed by atoms with E-state index >= 15 is 0 Å². The minimum atomic E-state index is 0.491. The summed E-state index contributed by atoms with van der Waals surface area (Å²) >= 11 is 0. The second kappa shape index (κ2) is 5.47. The molecule has 2 rings (SSSR count). The maximum Gasteiger partial charge on any atom is 0.0595 e. The Morgan fingerprint density at radius 2 is 2.20 bits per heavy atom. The van der Waals surface area contributed by atoms with Gasteiger partial charge >= 0.3 is 0 Å². The zero-order valence-corrected chi connectivity index (χ0v) is 9.48. The lowest BCUT2D eigenvalue weighted by atomic mass is 10.0. The van der Waals surface area contributed by atoms with E-state index in [-0.39, 0.29) is 0 Å². The number of piperidine rings is 1. The predicted octanol–water partition coefficient (Wildman–Crippen LogP) is 2.19. The summed E-state index contributed by atoms with van der Waals surface area (Å²) in [6.45, 7) is 3.46. The number of ether oxygens (including phenoxy) is 1. The summed E-state index contributed by atoms with van der Waals surface area (Å²) in [6, 6.07) is 0. The number of hydrogen-bond donors (Lipinski definition) is 0. The van der Waals surface area contributed by atoms with Gasteiger partial charge in [0, 0.05) is 26.7 Å². The number of likely N-dealkylation sites (tertiary alicyclic amines) is 1. The fraction of sp³-hybridized carbons (Fsp3) is 0.615. The quantitative estimate of drug-likeness (QED) is 0.702. The van der Waals surface area contributed by atoms with E-state index in [9.17, 15) is 0 Å². The highest BCUT2D eigenvalue weighted by Gasteiger charge is 2.18. The molecule has 2 heteroatoms. The van der Waals surface area contributed by atoms with Crippen molar-refractivity contribution < 1.29 is 4.74 Å². The molecule has 0 N–H and O–H groups in total. The van der Waals surface area contributed by atoms with Gasteiger partial charge in [0.05, 0.1) is 6.10 Å². The lowest BCUT2D eigenvalue weighted by molar-refractivity contribution is 0.0439. The third-order valence-electron chi connectivity index (χ3n) is 3.24. The first-order valence-electron chi connectivity index (χ1n) is 5.82. The van der Waals surface area contributed by atoms with Crippen LogP contribution in [0.15, 0.2) is 23.8 Å². The van der Waals surface area contributed by atoms with Crippen molar-refractivity contribution in [1.29, 1.82) is 0 Å². The van der Waals surface area contributed by atoms with E-state index in [0.717, 1.165) is 13.0 Å². The second-order valence-corrected chi connectivity index (χ2v) is 4.32. The summed E-state index contributed by atoms with van der Waals surface area (Å²) in [5.74, 6) is 0. The fourth-order valence-electron chi connectivity index (χ4n) is 2.24. The van der Waals surface area contributed by atoms with Crippen molar-refractivity contribution >= 4 is 0 Å². The molecule has 0 aromatic carbocycles. The van der Waals surface area contributed by atoms with Gasteiger partial charge in [-0.15, -0.1) is 0 Å². The van der Waals surface area contributed by atoms with Crippen LogP contribution in [0.25, 0.3) is 0 Å². The van der Waals surface area contributed by atoms with Crippen molar-refractivity contribution in [3.05, 3.63) is 30.2 Å². The average molecular weight is 206 g/mol. The number of allylic oxidation sites excluding steroid dienone is 2. The normalized spacial score (nSPS) is 24.2. The molecule has 15 heavy (non-hydrogen) atoms. The first-order valence-corrected chi connectivity index (χ1v) is 5.82. The van der Waals surface area contributed by atoms with Gasteiger partial charge in [-0.25, -0.2) is 0 Å². The van der Waals surface area contributed by atoms with E-state index in [4.69, 9.17) is 4.74 Å². The van der Waals surface area contributed by atoms with Crippen molar-refractivity contribution in [2.75, 3.05) is 26.7 Å². The average Bonchev–Trinajstić information content (AvgIpc) is 2.31. The van der Waals surface area contributed by atoms with E-state index in [1.807, 2.05) is 7.11 Å². The van der Waals surface area contributed by atoms with Gasteiger partial charge in [0.25, 0.3) is 0 Å². The zero-order chi connectivity index (χ0) is 10.5. The SMILES string of the molecule is COC1CCN(CC2=CC[CH]C=C2)CC1. The van der Waals surface area contributed by atoms with Crippen LogP contribution < -0.4 is 0 Å². The first-order chi connectivity index (χ1) is 7.38. The van der Waals surface area contributed by atoms with E-state index in [1.165, 1.54) is 31.5 Å². The maximum absolute atomic E-state index is 5.37. The summed E-state index contributed by atoms with van der Waals surface area (Å²) in [4.78, 5) is 2.52. The molecule has 0 saturated carbocycles. The Morgan fingerprint density at radius 3 is 2.80 bits per heavy atom. The third-order valence-corrected chi connectivity index (χ3v) is 3.24. The Kier molecular flexibility index (Phi) is 3.98. The molecule has 0 bridgehead atoms. The van der Waals surface area contributed by atoms with Crippen molar-refractivity contribution in [1.82, 2.24) is 4.90 Å². The molecule has 2 aliphatic rings. The van der Waals surface area contributed by atoms with Gasteiger partial charge in [0.15, 0.2) is 0 Å². The van der Waals surface area contributed by atoms with Crippen LogP contribution >= 0.6 is 0 Å². The summed E-state index contributed by atoms with van der Waals surface area (Å²) in [5, 5.41) is 0. The molecular weight excluding hydrogens is 186 g/mol. The molecule has 1 fully saturated rings. The van der Waals surface area contributed by atoms with Crippen LogP contribution in [0.4, 0.5) is 0 Å². The Labute approximate surface area is 92.6 Å². The minimum Gasteiger partial charge on any atom is -0.381 e. The molecule has 1 aliphatic carbocycles. The maximum atomic E-state index is 5.37. The molecule has 0 aromatic rings. The van der Waals surface area contributed by atoms with Crippen LogP contribution in [0.2, 0.25) is 0 Å². The van der Waals surface area contributed by atoms with Crippen LogP contribution in [0.3, 0.4) is 0 Å². The highest BCUT2D eigenvalue weighted by atomic mass is 16.5. The Bertz CT molecular complexity index is 249. The van der Waals surface area contributed by atoms with Crippen LogP contribution in [0.5, 0.6) is 0 Å². The Hall–Kier alpha value is -0.600. The molecule has 0 aromatic heterocycles. The lowest BCUT2D eigenvalue weighted by Crippen LogP contribution is -2.37. The van der Waals surface area contributed by atoms with Gasteiger partial charge in [-0.1, -0.05) is 18.2 Å². The molecule has 83 valence electrons. The fourth-order valence-corrected chi connectivity index (χ4v) is 2.24. The molecule has 0 amide bonds. The number of rotatable bonds is 3. The summed E-state index contributed by atoms with van der Waals surface area (Å²) < 4.78 is 5.37. The van der Waals surface area contributed by atoms with E-state index < -0.39 is 0 Å².